The summed E-state index contributed by atoms with van der Waals surface area (Å²) < 4.78 is 10.7. The Kier molecular flexibility index (Phi) is 7.97. The number of carbonyl (C=O) groups excluding carboxylic acids is 2. The van der Waals surface area contributed by atoms with Gasteiger partial charge >= 0.3 is 0 Å². The second kappa shape index (κ2) is 11.5. The van der Waals surface area contributed by atoms with E-state index in [1.54, 1.807) is 61.7 Å². The highest BCUT2D eigenvalue weighted by atomic mass is 35.5. The average molecular weight is 506 g/mol. The van der Waals surface area contributed by atoms with Gasteiger partial charge in [-0.25, -0.2) is 0 Å². The minimum Gasteiger partial charge on any atom is -0.497 e. The minimum atomic E-state index is -0.236. The normalized spacial score (nSPS) is 10.9. The molecule has 0 unspecified atom stereocenters. The molecule has 0 aliphatic heterocycles. The van der Waals surface area contributed by atoms with Crippen LogP contribution in [0.15, 0.2) is 88.5 Å². The van der Waals surface area contributed by atoms with E-state index in [4.69, 9.17) is 20.8 Å². The number of amides is 1. The smallest absolute Gasteiger partial charge is 0.277 e. The molecule has 4 aromatic rings. The Morgan fingerprint density at radius 1 is 1.00 bits per heavy atom. The number of nitrogens with zero attached hydrogens (tertiary/aromatic N) is 2. The number of carbonyl (C=O) groups is 2. The van der Waals surface area contributed by atoms with Gasteiger partial charge in [-0.3, -0.25) is 9.59 Å². The quantitative estimate of drug-likeness (QED) is 0.169. The molecule has 1 N–H and O–H groups in total. The van der Waals surface area contributed by atoms with Crippen molar-refractivity contribution in [2.45, 2.75) is 5.22 Å². The van der Waals surface area contributed by atoms with E-state index in [0.717, 1.165) is 28.6 Å². The molecule has 4 rings (SSSR count). The summed E-state index contributed by atoms with van der Waals surface area (Å²) in [6, 6.07) is 21.1. The van der Waals surface area contributed by atoms with Gasteiger partial charge in [0, 0.05) is 21.8 Å². The molecule has 1 aromatic heterocycles. The number of rotatable bonds is 9. The van der Waals surface area contributed by atoms with Crippen molar-refractivity contribution < 1.29 is 18.7 Å². The van der Waals surface area contributed by atoms with Crippen molar-refractivity contribution in [3.63, 3.8) is 0 Å². The number of ketones is 1. The molecule has 0 bridgehead atoms. The van der Waals surface area contributed by atoms with Gasteiger partial charge in [0.05, 0.1) is 12.9 Å². The van der Waals surface area contributed by atoms with Gasteiger partial charge in [0.25, 0.3) is 5.22 Å². The van der Waals surface area contributed by atoms with Crippen LogP contribution in [0, 0.1) is 0 Å². The van der Waals surface area contributed by atoms with Crippen LogP contribution in [0.25, 0.3) is 17.5 Å². The van der Waals surface area contributed by atoms with Crippen molar-refractivity contribution in [3.05, 3.63) is 95.0 Å². The zero-order valence-corrected chi connectivity index (χ0v) is 20.2. The summed E-state index contributed by atoms with van der Waals surface area (Å²) in [5.41, 5.74) is 2.73. The molecule has 0 radical (unpaired) electrons. The highest BCUT2D eigenvalue weighted by Crippen LogP contribution is 2.24. The fraction of sp³-hybridized carbons (Fsp3) is 0.0769. The van der Waals surface area contributed by atoms with Crippen LogP contribution in [0.3, 0.4) is 0 Å². The van der Waals surface area contributed by atoms with Crippen LogP contribution in [0.4, 0.5) is 5.69 Å². The number of ether oxygens (including phenoxy) is 1. The van der Waals surface area contributed by atoms with Crippen molar-refractivity contribution in [1.82, 2.24) is 10.2 Å². The van der Waals surface area contributed by atoms with E-state index in [9.17, 15) is 9.59 Å². The van der Waals surface area contributed by atoms with Crippen LogP contribution >= 0.6 is 23.4 Å². The molecule has 1 heterocycles. The molecule has 0 saturated heterocycles. The van der Waals surface area contributed by atoms with Crippen LogP contribution in [0.1, 0.15) is 15.9 Å². The van der Waals surface area contributed by atoms with Crippen molar-refractivity contribution >= 4 is 46.8 Å². The molecule has 176 valence electrons. The topological polar surface area (TPSA) is 94.3 Å². The summed E-state index contributed by atoms with van der Waals surface area (Å²) in [5, 5.41) is 11.6. The second-order valence-corrected chi connectivity index (χ2v) is 8.63. The first-order valence-corrected chi connectivity index (χ1v) is 11.8. The molecular weight excluding hydrogens is 486 g/mol. The van der Waals surface area contributed by atoms with E-state index in [2.05, 4.69) is 15.5 Å². The zero-order chi connectivity index (χ0) is 24.6. The third-order valence-corrected chi connectivity index (χ3v) is 5.89. The lowest BCUT2D eigenvalue weighted by molar-refractivity contribution is -0.113. The number of halogens is 1. The summed E-state index contributed by atoms with van der Waals surface area (Å²) in [5.74, 6) is 0.824. The fourth-order valence-corrected chi connectivity index (χ4v) is 3.69. The standard InChI is InChI=1S/C26H20ClN3O4S/c1-33-22-13-2-17(3-14-22)4-15-23(31)18-7-11-21(12-8-18)28-24(32)16-35-26-30-29-25(34-26)19-5-9-20(27)10-6-19/h2-15H,16H2,1H3,(H,28,32)/b15-4+. The maximum absolute atomic E-state index is 12.4. The molecule has 3 aromatic carbocycles. The second-order valence-electron chi connectivity index (χ2n) is 7.26. The third-order valence-electron chi connectivity index (χ3n) is 4.82. The van der Waals surface area contributed by atoms with E-state index >= 15 is 0 Å². The highest BCUT2D eigenvalue weighted by molar-refractivity contribution is 7.99. The van der Waals surface area contributed by atoms with Gasteiger partial charge in [0.2, 0.25) is 11.8 Å². The van der Waals surface area contributed by atoms with Gasteiger partial charge in [-0.15, -0.1) is 10.2 Å². The van der Waals surface area contributed by atoms with E-state index in [0.29, 0.717) is 22.2 Å². The van der Waals surface area contributed by atoms with Gasteiger partial charge in [-0.2, -0.15) is 0 Å². The maximum Gasteiger partial charge on any atom is 0.277 e. The third kappa shape index (κ3) is 6.81. The Bertz CT molecular complexity index is 1330. The molecule has 0 spiro atoms. The molecule has 0 fully saturated rings. The largest absolute Gasteiger partial charge is 0.497 e. The van der Waals surface area contributed by atoms with Crippen LogP contribution in [-0.2, 0) is 4.79 Å². The predicted octanol–water partition coefficient (Wildman–Crippen LogP) is 6.03. The number of hydrogen-bond donors (Lipinski definition) is 1. The number of allylic oxidation sites excluding steroid dienone is 1. The van der Waals surface area contributed by atoms with Gasteiger partial charge in [0.15, 0.2) is 5.78 Å². The Hall–Kier alpha value is -3.88. The monoisotopic (exact) mass is 505 g/mol. The highest BCUT2D eigenvalue weighted by Gasteiger charge is 2.12. The minimum absolute atomic E-state index is 0.0908. The van der Waals surface area contributed by atoms with Crippen molar-refractivity contribution in [2.24, 2.45) is 0 Å². The molecule has 0 aliphatic carbocycles. The number of methoxy groups -OCH3 is 1. The SMILES string of the molecule is COc1ccc(/C=C/C(=O)c2ccc(NC(=O)CSc3nnc(-c4ccc(Cl)cc4)o3)cc2)cc1. The van der Waals surface area contributed by atoms with Crippen molar-refractivity contribution in [3.8, 4) is 17.2 Å². The first kappa shape index (κ1) is 24.3. The van der Waals surface area contributed by atoms with E-state index in [1.165, 1.54) is 6.08 Å². The lowest BCUT2D eigenvalue weighted by Gasteiger charge is -2.05. The van der Waals surface area contributed by atoms with Crippen molar-refractivity contribution in [1.29, 1.82) is 0 Å². The lowest BCUT2D eigenvalue weighted by atomic mass is 10.1. The fourth-order valence-electron chi connectivity index (χ4n) is 3.00. The van der Waals surface area contributed by atoms with Gasteiger partial charge < -0.3 is 14.5 Å². The molecule has 0 atom stereocenters. The first-order valence-electron chi connectivity index (χ1n) is 10.5. The molecule has 0 saturated carbocycles. The number of anilines is 1. The number of benzene rings is 3. The lowest BCUT2D eigenvalue weighted by Crippen LogP contribution is -2.14. The molecular formula is C26H20ClN3O4S. The molecule has 9 heteroatoms. The van der Waals surface area contributed by atoms with E-state index in [1.807, 2.05) is 24.3 Å². The van der Waals surface area contributed by atoms with E-state index < -0.39 is 0 Å². The Morgan fingerprint density at radius 2 is 1.71 bits per heavy atom. The number of nitrogens with one attached hydrogen (secondary N) is 1. The molecule has 7 nitrogen and oxygen atoms in total. The number of hydrogen-bond acceptors (Lipinski definition) is 7. The van der Waals surface area contributed by atoms with E-state index in [-0.39, 0.29) is 22.7 Å². The summed E-state index contributed by atoms with van der Waals surface area (Å²) in [7, 11) is 1.60. The summed E-state index contributed by atoms with van der Waals surface area (Å²) >= 11 is 7.02. The Labute approximate surface area is 211 Å². The molecule has 35 heavy (non-hydrogen) atoms. The average Bonchev–Trinajstić information content (AvgIpc) is 3.36. The Morgan fingerprint density at radius 3 is 2.40 bits per heavy atom. The predicted molar refractivity (Wildman–Crippen MR) is 137 cm³/mol. The summed E-state index contributed by atoms with van der Waals surface area (Å²) in [6.07, 6.45) is 3.25. The van der Waals surface area contributed by atoms with Gasteiger partial charge in [-0.1, -0.05) is 41.6 Å². The van der Waals surface area contributed by atoms with Crippen molar-refractivity contribution in [2.75, 3.05) is 18.2 Å². The zero-order valence-electron chi connectivity index (χ0n) is 18.6. The molecule has 0 aliphatic rings. The van der Waals surface area contributed by atoms with Gasteiger partial charge in [0.1, 0.15) is 5.75 Å². The van der Waals surface area contributed by atoms with Crippen LogP contribution in [-0.4, -0.2) is 34.8 Å². The maximum atomic E-state index is 12.4. The van der Waals surface area contributed by atoms with Crippen LogP contribution < -0.4 is 10.1 Å². The molecule has 1 amide bonds. The first-order chi connectivity index (χ1) is 17.0. The van der Waals surface area contributed by atoms with Crippen LogP contribution in [0.5, 0.6) is 5.75 Å². The van der Waals surface area contributed by atoms with Gasteiger partial charge in [-0.05, 0) is 72.3 Å². The number of thioether (sulfide) groups is 1. The van der Waals surface area contributed by atoms with Crippen LogP contribution in [0.2, 0.25) is 5.02 Å². The summed E-state index contributed by atoms with van der Waals surface area (Å²) in [4.78, 5) is 24.7. The Balaban J connectivity index is 1.27. The summed E-state index contributed by atoms with van der Waals surface area (Å²) in [6.45, 7) is 0. The number of aromatic nitrogens is 2.